The molecule has 2 rings (SSSR count). The topological polar surface area (TPSA) is 43.8 Å². The number of β-amino-alcohol motifs (C(OH)–C–C–N with tert-alkyl or cyclic N) is 1. The number of piperazine rings is 1. The Morgan fingerprint density at radius 3 is 2.45 bits per heavy atom. The molecule has 122 valence electrons. The molecule has 0 spiro atoms. The van der Waals surface area contributed by atoms with Crippen LogP contribution >= 0.6 is 23.2 Å². The highest BCUT2D eigenvalue weighted by Crippen LogP contribution is 2.27. The first-order valence-corrected chi connectivity index (χ1v) is 8.28. The van der Waals surface area contributed by atoms with E-state index < -0.39 is 6.10 Å². The highest BCUT2D eigenvalue weighted by Gasteiger charge is 2.24. The molecule has 0 aliphatic carbocycles. The third-order valence-corrected chi connectivity index (χ3v) is 4.51. The molecule has 1 aromatic carbocycles. The number of halogens is 2. The van der Waals surface area contributed by atoms with Gasteiger partial charge in [0.25, 0.3) is 0 Å². The van der Waals surface area contributed by atoms with Crippen LogP contribution in [-0.4, -0.2) is 53.5 Å². The van der Waals surface area contributed by atoms with Gasteiger partial charge < -0.3 is 10.0 Å². The lowest BCUT2D eigenvalue weighted by molar-refractivity contribution is -0.136. The minimum atomic E-state index is -0.682. The van der Waals surface area contributed by atoms with E-state index in [1.54, 1.807) is 18.2 Å². The Morgan fingerprint density at radius 2 is 1.86 bits per heavy atom. The molecular formula is C16H22Cl2N2O2. The normalized spacial score (nSPS) is 17.8. The fourth-order valence-corrected chi connectivity index (χ4v) is 3.05. The molecule has 0 aromatic heterocycles. The molecule has 1 heterocycles. The highest BCUT2D eigenvalue weighted by atomic mass is 35.5. The standard InChI is InChI=1S/C16H22Cl2N2O2/c1-11(2)16(22)20-7-5-19(6-8-20)10-15(21)13-9-12(17)3-4-14(13)18/h3-4,9,11,15,21H,5-8,10H2,1-2H3/t15-/m1/s1. The van der Waals surface area contributed by atoms with Gasteiger partial charge >= 0.3 is 0 Å². The number of aliphatic hydroxyl groups is 1. The largest absolute Gasteiger partial charge is 0.387 e. The number of carbonyl (C=O) groups is 1. The summed E-state index contributed by atoms with van der Waals surface area (Å²) in [6.07, 6.45) is -0.682. The van der Waals surface area contributed by atoms with E-state index in [-0.39, 0.29) is 11.8 Å². The number of aliphatic hydroxyl groups excluding tert-OH is 1. The summed E-state index contributed by atoms with van der Waals surface area (Å²) in [6.45, 7) is 7.24. The van der Waals surface area contributed by atoms with Crippen LogP contribution in [0.4, 0.5) is 0 Å². The van der Waals surface area contributed by atoms with E-state index in [9.17, 15) is 9.90 Å². The number of carbonyl (C=O) groups excluding carboxylic acids is 1. The van der Waals surface area contributed by atoms with Gasteiger partial charge in [-0.05, 0) is 18.2 Å². The van der Waals surface area contributed by atoms with Crippen LogP contribution in [0, 0.1) is 5.92 Å². The van der Waals surface area contributed by atoms with Crippen molar-refractivity contribution in [2.75, 3.05) is 32.7 Å². The molecule has 1 aliphatic rings. The summed E-state index contributed by atoms with van der Waals surface area (Å²) < 4.78 is 0. The number of nitrogens with zero attached hydrogens (tertiary/aromatic N) is 2. The van der Waals surface area contributed by atoms with Gasteiger partial charge in [0.2, 0.25) is 5.91 Å². The molecule has 0 unspecified atom stereocenters. The summed E-state index contributed by atoms with van der Waals surface area (Å²) in [7, 11) is 0. The maximum Gasteiger partial charge on any atom is 0.225 e. The molecule has 0 radical (unpaired) electrons. The number of hydrogen-bond donors (Lipinski definition) is 1. The van der Waals surface area contributed by atoms with E-state index in [2.05, 4.69) is 4.90 Å². The lowest BCUT2D eigenvalue weighted by atomic mass is 10.1. The first-order chi connectivity index (χ1) is 10.4. The third kappa shape index (κ3) is 4.35. The van der Waals surface area contributed by atoms with Crippen LogP contribution in [0.1, 0.15) is 25.5 Å². The highest BCUT2D eigenvalue weighted by molar-refractivity contribution is 6.33. The maximum absolute atomic E-state index is 12.0. The third-order valence-electron chi connectivity index (χ3n) is 3.93. The van der Waals surface area contributed by atoms with Crippen molar-refractivity contribution in [1.82, 2.24) is 9.80 Å². The van der Waals surface area contributed by atoms with E-state index in [1.807, 2.05) is 18.7 Å². The monoisotopic (exact) mass is 344 g/mol. The predicted molar refractivity (Wildman–Crippen MR) is 89.3 cm³/mol. The fraction of sp³-hybridized carbons (Fsp3) is 0.562. The molecule has 0 bridgehead atoms. The van der Waals surface area contributed by atoms with Crippen LogP contribution in [0.3, 0.4) is 0 Å². The van der Waals surface area contributed by atoms with E-state index in [1.165, 1.54) is 0 Å². The van der Waals surface area contributed by atoms with Crippen molar-refractivity contribution in [3.63, 3.8) is 0 Å². The van der Waals surface area contributed by atoms with Crippen molar-refractivity contribution in [3.05, 3.63) is 33.8 Å². The van der Waals surface area contributed by atoms with Gasteiger partial charge in [-0.25, -0.2) is 0 Å². The van der Waals surface area contributed by atoms with Crippen LogP contribution < -0.4 is 0 Å². The molecular weight excluding hydrogens is 323 g/mol. The minimum absolute atomic E-state index is 0.0300. The van der Waals surface area contributed by atoms with Gasteiger partial charge in [0.05, 0.1) is 6.10 Å². The van der Waals surface area contributed by atoms with Crippen LogP contribution in [0.2, 0.25) is 10.0 Å². The van der Waals surface area contributed by atoms with Crippen molar-refractivity contribution in [2.45, 2.75) is 20.0 Å². The summed E-state index contributed by atoms with van der Waals surface area (Å²) >= 11 is 12.1. The van der Waals surface area contributed by atoms with Crippen molar-refractivity contribution in [2.24, 2.45) is 5.92 Å². The average Bonchev–Trinajstić information content (AvgIpc) is 2.49. The second-order valence-electron chi connectivity index (χ2n) is 5.96. The van der Waals surface area contributed by atoms with Gasteiger partial charge in [0, 0.05) is 54.3 Å². The molecule has 1 fully saturated rings. The predicted octanol–water partition coefficient (Wildman–Crippen LogP) is 2.83. The summed E-state index contributed by atoms with van der Waals surface area (Å²) in [5, 5.41) is 11.5. The maximum atomic E-state index is 12.0. The van der Waals surface area contributed by atoms with Crippen molar-refractivity contribution < 1.29 is 9.90 Å². The van der Waals surface area contributed by atoms with Gasteiger partial charge in [-0.3, -0.25) is 9.69 Å². The van der Waals surface area contributed by atoms with Gasteiger partial charge in [-0.2, -0.15) is 0 Å². The zero-order valence-corrected chi connectivity index (χ0v) is 14.4. The molecule has 4 nitrogen and oxygen atoms in total. The van der Waals surface area contributed by atoms with Crippen LogP contribution in [0.15, 0.2) is 18.2 Å². The molecule has 1 atom stereocenters. The number of hydrogen-bond acceptors (Lipinski definition) is 3. The summed E-state index contributed by atoms with van der Waals surface area (Å²) in [5.74, 6) is 0.223. The second-order valence-corrected chi connectivity index (χ2v) is 6.81. The lowest BCUT2D eigenvalue weighted by Crippen LogP contribution is -2.50. The Labute approximate surface area is 141 Å². The zero-order valence-electron chi connectivity index (χ0n) is 12.9. The second kappa shape index (κ2) is 7.64. The van der Waals surface area contributed by atoms with Crippen LogP contribution in [-0.2, 0) is 4.79 Å². The van der Waals surface area contributed by atoms with E-state index in [4.69, 9.17) is 23.2 Å². The first-order valence-electron chi connectivity index (χ1n) is 7.52. The van der Waals surface area contributed by atoms with E-state index >= 15 is 0 Å². The summed E-state index contributed by atoms with van der Waals surface area (Å²) in [4.78, 5) is 16.0. The smallest absolute Gasteiger partial charge is 0.225 e. The van der Waals surface area contributed by atoms with Crippen molar-refractivity contribution >= 4 is 29.1 Å². The molecule has 1 amide bonds. The molecule has 6 heteroatoms. The van der Waals surface area contributed by atoms with Crippen molar-refractivity contribution in [3.8, 4) is 0 Å². The van der Waals surface area contributed by atoms with Gasteiger partial charge in [-0.15, -0.1) is 0 Å². The Morgan fingerprint density at radius 1 is 1.23 bits per heavy atom. The van der Waals surface area contributed by atoms with Crippen LogP contribution in [0.5, 0.6) is 0 Å². The Balaban J connectivity index is 1.90. The summed E-state index contributed by atoms with van der Waals surface area (Å²) in [6, 6.07) is 5.10. The Hall–Kier alpha value is -0.810. The number of benzene rings is 1. The average molecular weight is 345 g/mol. The van der Waals surface area contributed by atoms with E-state index in [0.29, 0.717) is 35.2 Å². The SMILES string of the molecule is CC(C)C(=O)N1CCN(C[C@@H](O)c2cc(Cl)ccc2Cl)CC1. The minimum Gasteiger partial charge on any atom is -0.387 e. The fourth-order valence-electron chi connectivity index (χ4n) is 2.63. The quantitative estimate of drug-likeness (QED) is 0.913. The van der Waals surface area contributed by atoms with Gasteiger partial charge in [0.1, 0.15) is 0 Å². The lowest BCUT2D eigenvalue weighted by Gasteiger charge is -2.36. The van der Waals surface area contributed by atoms with E-state index in [0.717, 1.165) is 13.1 Å². The van der Waals surface area contributed by atoms with Crippen LogP contribution in [0.25, 0.3) is 0 Å². The number of amides is 1. The molecule has 1 N–H and O–H groups in total. The van der Waals surface area contributed by atoms with Crippen molar-refractivity contribution in [1.29, 1.82) is 0 Å². The van der Waals surface area contributed by atoms with Gasteiger partial charge in [0.15, 0.2) is 0 Å². The summed E-state index contributed by atoms with van der Waals surface area (Å²) in [5.41, 5.74) is 0.648. The Kier molecular flexibility index (Phi) is 6.09. The molecule has 0 saturated carbocycles. The van der Waals surface area contributed by atoms with Gasteiger partial charge in [-0.1, -0.05) is 37.0 Å². The number of rotatable bonds is 4. The zero-order chi connectivity index (χ0) is 16.3. The molecule has 22 heavy (non-hydrogen) atoms. The Bertz CT molecular complexity index is 529. The molecule has 1 saturated heterocycles. The molecule has 1 aliphatic heterocycles. The first kappa shape index (κ1) is 17.5. The molecule has 1 aromatic rings.